The number of alkyl halides is 1. The van der Waals surface area contributed by atoms with Crippen LogP contribution in [0.5, 0.6) is 0 Å². The molecule has 0 bridgehead atoms. The normalized spacial score (nSPS) is 27.9. The smallest absolute Gasteiger partial charge is 0.353 e. The summed E-state index contributed by atoms with van der Waals surface area (Å²) < 4.78 is 11.4. The molecule has 0 radical (unpaired) electrons. The van der Waals surface area contributed by atoms with Crippen LogP contribution < -0.4 is 0 Å². The Morgan fingerprint density at radius 3 is 3.00 bits per heavy atom. The lowest BCUT2D eigenvalue weighted by Gasteiger charge is -2.51. The van der Waals surface area contributed by atoms with Gasteiger partial charge in [0.15, 0.2) is 10.4 Å². The summed E-state index contributed by atoms with van der Waals surface area (Å²) in [6.07, 6.45) is 0.760. The first kappa shape index (κ1) is 17.6. The maximum atomic E-state index is 12.8. The molecule has 2 unspecified atom stereocenters. The lowest BCUT2D eigenvalue weighted by Crippen LogP contribution is -2.70. The van der Waals surface area contributed by atoms with Gasteiger partial charge < -0.3 is 19.1 Å². The van der Waals surface area contributed by atoms with E-state index in [1.165, 1.54) is 29.0 Å². The molecule has 9 nitrogen and oxygen atoms in total. The number of β-lactam (4-membered cyclic amide) rings is 1. The maximum absolute atomic E-state index is 12.8. The minimum absolute atomic E-state index is 0.0841. The number of halogens is 1. The van der Waals surface area contributed by atoms with Crippen LogP contribution in [0.4, 0.5) is 0 Å². The van der Waals surface area contributed by atoms with Crippen LogP contribution in [0.2, 0.25) is 0 Å². The van der Waals surface area contributed by atoms with Crippen LogP contribution in [-0.4, -0.2) is 53.7 Å². The molecule has 1 aromatic rings. The van der Waals surface area contributed by atoms with Crippen LogP contribution in [0.25, 0.3) is 0 Å². The van der Waals surface area contributed by atoms with Crippen molar-refractivity contribution in [1.29, 1.82) is 0 Å². The number of carboxylic acids is 1. The van der Waals surface area contributed by atoms with Gasteiger partial charge in [-0.25, -0.2) is 9.78 Å². The van der Waals surface area contributed by atoms with Crippen LogP contribution >= 0.6 is 27.7 Å². The van der Waals surface area contributed by atoms with E-state index in [9.17, 15) is 19.5 Å². The van der Waals surface area contributed by atoms with Crippen molar-refractivity contribution < 1.29 is 29.0 Å². The largest absolute Gasteiger partial charge is 0.477 e. The summed E-state index contributed by atoms with van der Waals surface area (Å²) in [7, 11) is 0. The lowest BCUT2D eigenvalue weighted by atomic mass is 9.89. The zero-order valence-corrected chi connectivity index (χ0v) is 15.9. The number of carbonyl (C=O) groups is 3. The van der Waals surface area contributed by atoms with Crippen molar-refractivity contribution in [3.8, 4) is 0 Å². The van der Waals surface area contributed by atoms with Gasteiger partial charge in [0.25, 0.3) is 5.91 Å². The van der Waals surface area contributed by atoms with E-state index in [1.807, 2.05) is 4.57 Å². The number of aliphatic carboxylic acids is 1. The van der Waals surface area contributed by atoms with Gasteiger partial charge in [0.1, 0.15) is 29.2 Å². The molecule has 3 aliphatic heterocycles. The quantitative estimate of drug-likeness (QED) is 0.416. The van der Waals surface area contributed by atoms with Crippen LogP contribution in [0.15, 0.2) is 17.3 Å². The van der Waals surface area contributed by atoms with Crippen molar-refractivity contribution in [3.05, 3.63) is 28.8 Å². The molecule has 0 saturated carbocycles. The minimum atomic E-state index is -1.29. The number of ether oxygens (including phenoxy) is 2. The van der Waals surface area contributed by atoms with Crippen molar-refractivity contribution in [1.82, 2.24) is 14.5 Å². The number of imidazole rings is 1. The Balaban J connectivity index is 1.70. The molecule has 1 aromatic heterocycles. The van der Waals surface area contributed by atoms with Gasteiger partial charge in [-0.1, -0.05) is 15.9 Å². The molecule has 0 aliphatic carbocycles. The van der Waals surface area contributed by atoms with Crippen LogP contribution in [0.1, 0.15) is 24.5 Å². The number of hydrogen-bond donors (Lipinski definition) is 1. The fourth-order valence-electron chi connectivity index (χ4n) is 3.26. The van der Waals surface area contributed by atoms with E-state index in [0.29, 0.717) is 31.3 Å². The Morgan fingerprint density at radius 1 is 1.58 bits per heavy atom. The van der Waals surface area contributed by atoms with Gasteiger partial charge in [0.05, 0.1) is 6.61 Å². The predicted octanol–water partition coefficient (Wildman–Crippen LogP) is 0.992. The molecule has 0 aromatic carbocycles. The van der Waals surface area contributed by atoms with E-state index < -0.39 is 33.6 Å². The van der Waals surface area contributed by atoms with Gasteiger partial charge in [-0.05, 0) is 0 Å². The van der Waals surface area contributed by atoms with Crippen molar-refractivity contribution in [2.75, 3.05) is 6.61 Å². The summed E-state index contributed by atoms with van der Waals surface area (Å²) in [6, 6.07) is 0. The van der Waals surface area contributed by atoms with Gasteiger partial charge in [-0.2, -0.15) is 0 Å². The highest BCUT2D eigenvalue weighted by molar-refractivity contribution is 9.10. The highest BCUT2D eigenvalue weighted by Crippen LogP contribution is 2.57. The zero-order chi connectivity index (χ0) is 18.6. The number of carbonyl (C=O) groups excluding carboxylic acids is 2. The molecule has 1 amide bonds. The molecule has 1 saturated heterocycles. The summed E-state index contributed by atoms with van der Waals surface area (Å²) >= 11 is 4.63. The number of amides is 1. The molecule has 3 atom stereocenters. The molecule has 3 aliphatic rings. The Bertz CT molecular complexity index is 831. The monoisotopic (exact) mass is 443 g/mol. The molecular formula is C15H14BrN3O6S. The molecule has 4 heterocycles. The van der Waals surface area contributed by atoms with Crippen molar-refractivity contribution in [3.63, 3.8) is 0 Å². The summed E-state index contributed by atoms with van der Waals surface area (Å²) in [5.41, 5.74) is 0.342. The standard InChI is InChI=1S/C15H14BrN3O6S/c1-7(20)25-11(8-4-18-2-3-24-5-10(18)17-8)15(16)13(23)19-9(12(21)22)6-26-14(15)19/h4,6,11,14H,2-3,5H2,1H3,(H,21,22)/t11?,14-,15?/m1/s1. The molecule has 11 heteroatoms. The molecular weight excluding hydrogens is 430 g/mol. The number of carboxylic acid groups (broad SMARTS) is 1. The third kappa shape index (κ3) is 2.41. The second-order valence-electron chi connectivity index (χ2n) is 6.06. The van der Waals surface area contributed by atoms with Crippen molar-refractivity contribution >= 4 is 45.5 Å². The lowest BCUT2D eigenvalue weighted by molar-refractivity contribution is -0.162. The number of hydrogen-bond acceptors (Lipinski definition) is 7. The summed E-state index contributed by atoms with van der Waals surface area (Å²) in [5, 5.41) is 10.1. The van der Waals surface area contributed by atoms with Gasteiger partial charge in [-0.3, -0.25) is 14.5 Å². The fourth-order valence-corrected chi connectivity index (χ4v) is 5.53. The van der Waals surface area contributed by atoms with Gasteiger partial charge in [0.2, 0.25) is 0 Å². The van der Waals surface area contributed by atoms with E-state index in [-0.39, 0.29) is 5.70 Å². The molecule has 26 heavy (non-hydrogen) atoms. The number of nitrogens with zero attached hydrogens (tertiary/aromatic N) is 3. The fraction of sp³-hybridized carbons (Fsp3) is 0.467. The Morgan fingerprint density at radius 2 is 2.35 bits per heavy atom. The highest BCUT2D eigenvalue weighted by Gasteiger charge is 2.69. The molecule has 138 valence electrons. The van der Waals surface area contributed by atoms with Gasteiger partial charge >= 0.3 is 11.9 Å². The van der Waals surface area contributed by atoms with E-state index >= 15 is 0 Å². The maximum Gasteiger partial charge on any atom is 0.353 e. The van der Waals surface area contributed by atoms with E-state index in [2.05, 4.69) is 20.9 Å². The van der Waals surface area contributed by atoms with Crippen LogP contribution in [0.3, 0.4) is 0 Å². The summed E-state index contributed by atoms with van der Waals surface area (Å²) in [4.78, 5) is 41.5. The molecule has 0 spiro atoms. The predicted molar refractivity (Wildman–Crippen MR) is 92.0 cm³/mol. The Hall–Kier alpha value is -1.85. The number of aromatic nitrogens is 2. The first-order valence-electron chi connectivity index (χ1n) is 7.76. The zero-order valence-electron chi connectivity index (χ0n) is 13.5. The summed E-state index contributed by atoms with van der Waals surface area (Å²) in [5.74, 6) is -1.53. The molecule has 1 N–H and O–H groups in total. The van der Waals surface area contributed by atoms with Gasteiger partial charge in [0, 0.05) is 25.1 Å². The SMILES string of the molecule is CC(=O)OC(c1cn2c(n1)COCC2)C1(Br)C(=O)N2C(C(=O)O)=CS[C@@H]21. The highest BCUT2D eigenvalue weighted by atomic mass is 79.9. The third-order valence-corrected chi connectivity index (χ3v) is 7.14. The van der Waals surface area contributed by atoms with E-state index in [1.54, 1.807) is 6.20 Å². The Labute approximate surface area is 160 Å². The second-order valence-corrected chi connectivity index (χ2v) is 8.32. The number of fused-ring (bicyclic) bond motifs is 2. The number of thioether (sulfide) groups is 1. The van der Waals surface area contributed by atoms with Crippen molar-refractivity contribution in [2.45, 2.75) is 35.9 Å². The van der Waals surface area contributed by atoms with E-state index in [4.69, 9.17) is 9.47 Å². The van der Waals surface area contributed by atoms with E-state index in [0.717, 1.165) is 0 Å². The van der Waals surface area contributed by atoms with Gasteiger partial charge in [-0.15, -0.1) is 11.8 Å². The average molecular weight is 444 g/mol. The minimum Gasteiger partial charge on any atom is -0.477 e. The summed E-state index contributed by atoms with van der Waals surface area (Å²) in [6.45, 7) is 2.77. The Kier molecular flexibility index (Phi) is 4.12. The second kappa shape index (κ2) is 6.10. The third-order valence-electron chi connectivity index (χ3n) is 4.45. The van der Waals surface area contributed by atoms with Crippen LogP contribution in [-0.2, 0) is 37.0 Å². The van der Waals surface area contributed by atoms with Crippen LogP contribution in [0, 0.1) is 0 Å². The first-order chi connectivity index (χ1) is 12.3. The number of esters is 1. The first-order valence-corrected chi connectivity index (χ1v) is 9.50. The number of rotatable bonds is 4. The average Bonchev–Trinajstić information content (AvgIpc) is 3.21. The topological polar surface area (TPSA) is 111 Å². The molecule has 4 rings (SSSR count). The van der Waals surface area contributed by atoms with Crippen molar-refractivity contribution in [2.24, 2.45) is 0 Å². The molecule has 1 fully saturated rings.